The van der Waals surface area contributed by atoms with Crippen molar-refractivity contribution in [3.8, 4) is 0 Å². The van der Waals surface area contributed by atoms with Crippen molar-refractivity contribution in [2.75, 3.05) is 18.0 Å². The molecule has 2 aromatic heterocycles. The molecule has 0 saturated carbocycles. The number of aromatic nitrogens is 5. The summed E-state index contributed by atoms with van der Waals surface area (Å²) in [5.74, 6) is -1.71. The fourth-order valence-corrected chi connectivity index (χ4v) is 3.46. The van der Waals surface area contributed by atoms with Crippen LogP contribution in [0.2, 0.25) is 0 Å². The van der Waals surface area contributed by atoms with E-state index >= 15 is 0 Å². The molecule has 0 spiro atoms. The van der Waals surface area contributed by atoms with Gasteiger partial charge in [0.25, 0.3) is 5.92 Å². The minimum atomic E-state index is -2.72. The van der Waals surface area contributed by atoms with Gasteiger partial charge in [0.05, 0.1) is 13.1 Å². The molecule has 0 atom stereocenters. The fourth-order valence-electron chi connectivity index (χ4n) is 3.46. The summed E-state index contributed by atoms with van der Waals surface area (Å²) in [7, 11) is 0. The van der Waals surface area contributed by atoms with Crippen molar-refractivity contribution >= 4 is 23.1 Å². The fraction of sp³-hybridized carbons (Fsp3) is 0.429. The minimum Gasteiger partial charge on any atom is -0.348 e. The molecule has 1 aromatic carbocycles. The number of rotatable bonds is 4. The van der Waals surface area contributed by atoms with E-state index in [0.717, 1.165) is 11.1 Å². The second-order valence-corrected chi connectivity index (χ2v) is 8.47. The summed E-state index contributed by atoms with van der Waals surface area (Å²) >= 11 is 0. The van der Waals surface area contributed by atoms with E-state index in [1.165, 1.54) is 0 Å². The monoisotopic (exact) mass is 398 g/mol. The quantitative estimate of drug-likeness (QED) is 0.663. The molecule has 1 fully saturated rings. The number of alkyl halides is 2. The van der Waals surface area contributed by atoms with Crippen molar-refractivity contribution in [3.05, 3.63) is 47.8 Å². The van der Waals surface area contributed by atoms with Crippen LogP contribution in [0.25, 0.3) is 17.2 Å². The third-order valence-electron chi connectivity index (χ3n) is 5.08. The first-order valence-electron chi connectivity index (χ1n) is 9.63. The highest BCUT2D eigenvalue weighted by molar-refractivity contribution is 5.83. The molecule has 29 heavy (non-hydrogen) atoms. The average molecular weight is 398 g/mol. The van der Waals surface area contributed by atoms with Crippen molar-refractivity contribution in [2.45, 2.75) is 45.1 Å². The third kappa shape index (κ3) is 3.71. The molecule has 0 radical (unpaired) electrons. The Morgan fingerprint density at radius 2 is 1.97 bits per heavy atom. The van der Waals surface area contributed by atoms with Crippen LogP contribution in [0.1, 0.15) is 44.1 Å². The molecule has 1 aliphatic heterocycles. The van der Waals surface area contributed by atoms with E-state index in [0.29, 0.717) is 29.4 Å². The van der Waals surface area contributed by atoms with Crippen LogP contribution in [0.4, 0.5) is 14.6 Å². The van der Waals surface area contributed by atoms with Crippen LogP contribution in [-0.2, 0) is 12.0 Å². The molecule has 8 heteroatoms. The van der Waals surface area contributed by atoms with Crippen LogP contribution < -0.4 is 4.90 Å². The van der Waals surface area contributed by atoms with Crippen molar-refractivity contribution < 1.29 is 8.78 Å². The number of halogens is 2. The van der Waals surface area contributed by atoms with E-state index < -0.39 is 5.92 Å². The summed E-state index contributed by atoms with van der Waals surface area (Å²) in [5, 5.41) is 8.53. The molecular weight excluding hydrogens is 374 g/mol. The zero-order valence-corrected chi connectivity index (χ0v) is 16.9. The standard InChI is InChI=1S/C21H24F2N6/c1-5-14-8-6-7-9-15(14)12-29-18-16(26-27-29)17(24-19(25-18)20(2,3)4)28-11-10-21(22,23)13-28/h5-9H,1,10-13H2,2-4H3. The Kier molecular flexibility index (Phi) is 4.59. The van der Waals surface area contributed by atoms with Crippen LogP contribution in [0, 0.1) is 0 Å². The van der Waals surface area contributed by atoms with Gasteiger partial charge < -0.3 is 4.90 Å². The molecule has 6 nitrogen and oxygen atoms in total. The summed E-state index contributed by atoms with van der Waals surface area (Å²) in [6.45, 7) is 10.2. The molecule has 0 bridgehead atoms. The Morgan fingerprint density at radius 3 is 2.62 bits per heavy atom. The lowest BCUT2D eigenvalue weighted by Crippen LogP contribution is -2.27. The molecular formula is C21H24F2N6. The van der Waals surface area contributed by atoms with Gasteiger partial charge in [-0.15, -0.1) is 5.10 Å². The van der Waals surface area contributed by atoms with Crippen LogP contribution in [-0.4, -0.2) is 44.0 Å². The van der Waals surface area contributed by atoms with Crippen LogP contribution in [0.3, 0.4) is 0 Å². The van der Waals surface area contributed by atoms with E-state index in [1.807, 2.05) is 45.0 Å². The van der Waals surface area contributed by atoms with E-state index in [2.05, 4.69) is 21.9 Å². The minimum absolute atomic E-state index is 0.190. The largest absolute Gasteiger partial charge is 0.348 e. The van der Waals surface area contributed by atoms with Gasteiger partial charge in [-0.1, -0.05) is 62.9 Å². The maximum atomic E-state index is 13.9. The summed E-state index contributed by atoms with van der Waals surface area (Å²) in [6.07, 6.45) is 1.60. The zero-order valence-electron chi connectivity index (χ0n) is 16.9. The first-order valence-corrected chi connectivity index (χ1v) is 9.63. The van der Waals surface area contributed by atoms with Gasteiger partial charge in [-0.25, -0.2) is 23.4 Å². The Balaban J connectivity index is 1.84. The van der Waals surface area contributed by atoms with Crippen molar-refractivity contribution in [3.63, 3.8) is 0 Å². The maximum Gasteiger partial charge on any atom is 0.266 e. The SMILES string of the molecule is C=Cc1ccccc1Cn1nnc2c(N3CCC(F)(F)C3)nc(C(C)(C)C)nc21. The Hall–Kier alpha value is -2.90. The Bertz CT molecular complexity index is 1070. The van der Waals surface area contributed by atoms with E-state index in [9.17, 15) is 8.78 Å². The highest BCUT2D eigenvalue weighted by Gasteiger charge is 2.40. The predicted molar refractivity (Wildman–Crippen MR) is 109 cm³/mol. The number of nitrogens with zero attached hydrogens (tertiary/aromatic N) is 6. The van der Waals surface area contributed by atoms with Crippen molar-refractivity contribution in [1.29, 1.82) is 0 Å². The smallest absolute Gasteiger partial charge is 0.266 e. The van der Waals surface area contributed by atoms with Gasteiger partial charge in [0, 0.05) is 18.4 Å². The first-order chi connectivity index (χ1) is 13.7. The number of anilines is 1. The summed E-state index contributed by atoms with van der Waals surface area (Å²) in [4.78, 5) is 10.9. The maximum absolute atomic E-state index is 13.9. The third-order valence-corrected chi connectivity index (χ3v) is 5.08. The van der Waals surface area contributed by atoms with E-state index in [1.54, 1.807) is 15.7 Å². The highest BCUT2D eigenvalue weighted by Crippen LogP contribution is 2.34. The van der Waals surface area contributed by atoms with Crippen molar-refractivity contribution in [2.24, 2.45) is 0 Å². The predicted octanol–water partition coefficient (Wildman–Crippen LogP) is 4.06. The zero-order chi connectivity index (χ0) is 20.8. The Morgan fingerprint density at radius 1 is 1.21 bits per heavy atom. The van der Waals surface area contributed by atoms with E-state index in [-0.39, 0.29) is 24.9 Å². The van der Waals surface area contributed by atoms with Gasteiger partial charge in [-0.2, -0.15) is 0 Å². The molecule has 1 saturated heterocycles. The molecule has 0 N–H and O–H groups in total. The number of fused-ring (bicyclic) bond motifs is 1. The lowest BCUT2D eigenvalue weighted by Gasteiger charge is -2.22. The second-order valence-electron chi connectivity index (χ2n) is 8.47. The lowest BCUT2D eigenvalue weighted by molar-refractivity contribution is 0.0257. The van der Waals surface area contributed by atoms with Gasteiger partial charge in [-0.05, 0) is 11.1 Å². The number of hydrogen-bond donors (Lipinski definition) is 0. The van der Waals surface area contributed by atoms with Gasteiger partial charge in [-0.3, -0.25) is 0 Å². The molecule has 0 amide bonds. The van der Waals surface area contributed by atoms with Gasteiger partial charge >= 0.3 is 0 Å². The molecule has 0 aliphatic carbocycles. The molecule has 152 valence electrons. The molecule has 3 aromatic rings. The second kappa shape index (κ2) is 6.86. The van der Waals surface area contributed by atoms with Crippen LogP contribution >= 0.6 is 0 Å². The van der Waals surface area contributed by atoms with E-state index in [4.69, 9.17) is 4.98 Å². The topological polar surface area (TPSA) is 59.7 Å². The summed E-state index contributed by atoms with van der Waals surface area (Å²) in [6, 6.07) is 7.88. The summed E-state index contributed by atoms with van der Waals surface area (Å²) < 4.78 is 29.4. The summed E-state index contributed by atoms with van der Waals surface area (Å²) in [5.41, 5.74) is 2.68. The lowest BCUT2D eigenvalue weighted by atomic mass is 9.96. The van der Waals surface area contributed by atoms with Crippen molar-refractivity contribution in [1.82, 2.24) is 25.0 Å². The van der Waals surface area contributed by atoms with Crippen LogP contribution in [0.15, 0.2) is 30.8 Å². The Labute approximate surface area is 168 Å². The molecule has 0 unspecified atom stereocenters. The first kappa shape index (κ1) is 19.4. The molecule has 1 aliphatic rings. The van der Waals surface area contributed by atoms with Crippen LogP contribution in [0.5, 0.6) is 0 Å². The molecule has 4 rings (SSSR count). The molecule has 3 heterocycles. The van der Waals surface area contributed by atoms with Gasteiger partial charge in [0.1, 0.15) is 5.82 Å². The van der Waals surface area contributed by atoms with Gasteiger partial charge in [0.15, 0.2) is 17.0 Å². The number of hydrogen-bond acceptors (Lipinski definition) is 5. The highest BCUT2D eigenvalue weighted by atomic mass is 19.3. The van der Waals surface area contributed by atoms with Gasteiger partial charge in [0.2, 0.25) is 0 Å². The average Bonchev–Trinajstić information content (AvgIpc) is 3.24. The normalized spacial score (nSPS) is 16.5. The number of benzene rings is 1.